The van der Waals surface area contributed by atoms with Gasteiger partial charge < -0.3 is 14.5 Å². The van der Waals surface area contributed by atoms with Gasteiger partial charge in [0.2, 0.25) is 11.8 Å². The smallest absolute Gasteiger partial charge is 0.235 e. The van der Waals surface area contributed by atoms with E-state index in [0.717, 1.165) is 24.8 Å². The average molecular weight is 455 g/mol. The third-order valence-corrected chi connectivity index (χ3v) is 7.04. The summed E-state index contributed by atoms with van der Waals surface area (Å²) in [5, 5.41) is 2.90. The van der Waals surface area contributed by atoms with Crippen molar-refractivity contribution in [3.05, 3.63) is 71.1 Å². The summed E-state index contributed by atoms with van der Waals surface area (Å²) in [6.45, 7) is 1.67. The van der Waals surface area contributed by atoms with Crippen LogP contribution in [-0.4, -0.2) is 32.2 Å². The van der Waals surface area contributed by atoms with Gasteiger partial charge in [-0.3, -0.25) is 4.79 Å². The second-order valence-electron chi connectivity index (χ2n) is 8.00. The Morgan fingerprint density at radius 2 is 2.03 bits per heavy atom. The Hall–Kier alpha value is -3.13. The lowest BCUT2D eigenvalue weighted by Crippen LogP contribution is -2.35. The van der Waals surface area contributed by atoms with Crippen LogP contribution in [0.15, 0.2) is 52.9 Å². The van der Waals surface area contributed by atoms with Crippen LogP contribution in [0, 0.1) is 6.92 Å². The summed E-state index contributed by atoms with van der Waals surface area (Å²) in [4.78, 5) is 16.9. The molecule has 1 atom stereocenters. The molecule has 4 rings (SSSR count). The molecule has 1 aromatic heterocycles. The maximum atomic E-state index is 12.7. The van der Waals surface area contributed by atoms with Gasteiger partial charge in [-0.1, -0.05) is 30.3 Å². The van der Waals surface area contributed by atoms with Crippen LogP contribution in [-0.2, 0) is 26.8 Å². The summed E-state index contributed by atoms with van der Waals surface area (Å²) in [6.07, 6.45) is 2.73. The number of aryl methyl sites for hydroxylation is 2. The molecule has 0 bridgehead atoms. The van der Waals surface area contributed by atoms with Crippen molar-refractivity contribution in [3.8, 4) is 17.2 Å². The Kier molecular flexibility index (Phi) is 6.32. The van der Waals surface area contributed by atoms with Crippen molar-refractivity contribution in [2.75, 3.05) is 12.9 Å². The SMILES string of the molecule is COc1cccc(-c2nc(CS(=O)(=O)CC(=O)N[C@@H]3CCCc4ccccc43)c(C)o2)c1. The number of hydrogen-bond donors (Lipinski definition) is 1. The van der Waals surface area contributed by atoms with Crippen LogP contribution in [0.4, 0.5) is 0 Å². The number of fused-ring (bicyclic) bond motifs is 1. The molecule has 8 heteroatoms. The van der Waals surface area contributed by atoms with Crippen LogP contribution in [0.2, 0.25) is 0 Å². The van der Waals surface area contributed by atoms with Crippen molar-refractivity contribution in [2.45, 2.75) is 38.0 Å². The number of amides is 1. The highest BCUT2D eigenvalue weighted by Gasteiger charge is 2.26. The minimum absolute atomic E-state index is 0.156. The maximum absolute atomic E-state index is 12.7. The second-order valence-corrected chi connectivity index (χ2v) is 10.1. The summed E-state index contributed by atoms with van der Waals surface area (Å²) in [5.41, 5.74) is 3.26. The third kappa shape index (κ3) is 5.02. The van der Waals surface area contributed by atoms with Crippen molar-refractivity contribution < 1.29 is 22.4 Å². The molecule has 0 saturated carbocycles. The number of benzene rings is 2. The van der Waals surface area contributed by atoms with Gasteiger partial charge in [0, 0.05) is 5.56 Å². The Balaban J connectivity index is 1.44. The minimum Gasteiger partial charge on any atom is -0.497 e. The Bertz CT molecular complexity index is 1230. The number of sulfone groups is 1. The Morgan fingerprint density at radius 3 is 2.84 bits per heavy atom. The number of carbonyl (C=O) groups is 1. The summed E-state index contributed by atoms with van der Waals surface area (Å²) >= 11 is 0. The number of oxazole rings is 1. The molecule has 1 amide bonds. The molecule has 0 fully saturated rings. The molecule has 2 aromatic carbocycles. The highest BCUT2D eigenvalue weighted by atomic mass is 32.2. The van der Waals surface area contributed by atoms with Gasteiger partial charge in [-0.2, -0.15) is 0 Å². The predicted octanol–water partition coefficient (Wildman–Crippen LogP) is 3.77. The van der Waals surface area contributed by atoms with Crippen molar-refractivity contribution in [1.29, 1.82) is 0 Å². The van der Waals surface area contributed by atoms with Gasteiger partial charge in [0.1, 0.15) is 17.3 Å². The summed E-state index contributed by atoms with van der Waals surface area (Å²) in [5.74, 6) is -0.0785. The lowest BCUT2D eigenvalue weighted by Gasteiger charge is -2.26. The fourth-order valence-corrected chi connectivity index (χ4v) is 5.31. The van der Waals surface area contributed by atoms with Gasteiger partial charge in [0.05, 0.1) is 24.6 Å². The van der Waals surface area contributed by atoms with E-state index in [4.69, 9.17) is 9.15 Å². The monoisotopic (exact) mass is 454 g/mol. The standard InChI is InChI=1S/C24H26N2O5S/c1-16-22(26-24(31-16)18-9-5-10-19(13-18)30-2)14-32(28,29)15-23(27)25-21-12-6-8-17-7-3-4-11-20(17)21/h3-5,7,9-11,13,21H,6,8,12,14-15H2,1-2H3,(H,25,27)/t21-/m1/s1. The molecule has 1 aliphatic rings. The molecule has 32 heavy (non-hydrogen) atoms. The second kappa shape index (κ2) is 9.16. The largest absolute Gasteiger partial charge is 0.497 e. The van der Waals surface area contributed by atoms with Gasteiger partial charge in [-0.25, -0.2) is 13.4 Å². The quantitative estimate of drug-likeness (QED) is 0.584. The van der Waals surface area contributed by atoms with Crippen molar-refractivity contribution in [3.63, 3.8) is 0 Å². The first kappa shape index (κ1) is 22.1. The predicted molar refractivity (Wildman–Crippen MR) is 121 cm³/mol. The van der Waals surface area contributed by atoms with Gasteiger partial charge in [0.15, 0.2) is 9.84 Å². The van der Waals surface area contributed by atoms with E-state index in [1.54, 1.807) is 32.2 Å². The minimum atomic E-state index is -3.73. The molecule has 1 aliphatic carbocycles. The van der Waals surface area contributed by atoms with E-state index in [1.165, 1.54) is 5.56 Å². The summed E-state index contributed by atoms with van der Waals surface area (Å²) < 4.78 is 36.4. The van der Waals surface area contributed by atoms with Crippen LogP contribution >= 0.6 is 0 Å². The first-order chi connectivity index (χ1) is 15.3. The van der Waals surface area contributed by atoms with Gasteiger partial charge >= 0.3 is 0 Å². The molecular formula is C24H26N2O5S. The molecule has 0 spiro atoms. The van der Waals surface area contributed by atoms with Gasteiger partial charge in [-0.05, 0) is 55.5 Å². The number of nitrogens with zero attached hydrogens (tertiary/aromatic N) is 1. The van der Waals surface area contributed by atoms with E-state index in [1.807, 2.05) is 24.3 Å². The van der Waals surface area contributed by atoms with E-state index in [2.05, 4.69) is 16.4 Å². The van der Waals surface area contributed by atoms with E-state index < -0.39 is 21.5 Å². The lowest BCUT2D eigenvalue weighted by atomic mass is 9.88. The van der Waals surface area contributed by atoms with Crippen LogP contribution in [0.1, 0.15) is 41.5 Å². The zero-order chi connectivity index (χ0) is 22.7. The topological polar surface area (TPSA) is 98.5 Å². The maximum Gasteiger partial charge on any atom is 0.235 e. The molecule has 0 radical (unpaired) electrons. The normalized spacial score (nSPS) is 15.8. The number of aromatic nitrogens is 1. The molecule has 1 heterocycles. The average Bonchev–Trinajstić information content (AvgIpc) is 3.13. The molecule has 1 N–H and O–H groups in total. The van der Waals surface area contributed by atoms with Crippen LogP contribution in [0.25, 0.3) is 11.5 Å². The molecule has 3 aromatic rings. The van der Waals surface area contributed by atoms with Crippen LogP contribution < -0.4 is 10.1 Å². The van der Waals surface area contributed by atoms with E-state index in [9.17, 15) is 13.2 Å². The van der Waals surface area contributed by atoms with Crippen molar-refractivity contribution in [2.24, 2.45) is 0 Å². The molecule has 0 saturated heterocycles. The molecule has 0 unspecified atom stereocenters. The van der Waals surface area contributed by atoms with Gasteiger partial charge in [0.25, 0.3) is 0 Å². The first-order valence-corrected chi connectivity index (χ1v) is 12.3. The van der Waals surface area contributed by atoms with Crippen molar-refractivity contribution >= 4 is 15.7 Å². The van der Waals surface area contributed by atoms with E-state index >= 15 is 0 Å². The number of hydrogen-bond acceptors (Lipinski definition) is 6. The zero-order valence-corrected chi connectivity index (χ0v) is 18.9. The number of carbonyl (C=O) groups excluding carboxylic acids is 1. The summed E-state index contributed by atoms with van der Waals surface area (Å²) in [6, 6.07) is 15.0. The number of methoxy groups -OCH3 is 1. The summed E-state index contributed by atoms with van der Waals surface area (Å²) in [7, 11) is -2.16. The van der Waals surface area contributed by atoms with E-state index in [0.29, 0.717) is 28.7 Å². The Morgan fingerprint density at radius 1 is 1.22 bits per heavy atom. The molecule has 0 aliphatic heterocycles. The number of ether oxygens (including phenoxy) is 1. The first-order valence-electron chi connectivity index (χ1n) is 10.5. The molecule has 7 nitrogen and oxygen atoms in total. The van der Waals surface area contributed by atoms with Gasteiger partial charge in [-0.15, -0.1) is 0 Å². The van der Waals surface area contributed by atoms with E-state index in [-0.39, 0.29) is 11.8 Å². The fourth-order valence-electron chi connectivity index (χ4n) is 4.04. The number of rotatable bonds is 7. The van der Waals surface area contributed by atoms with Crippen LogP contribution in [0.5, 0.6) is 5.75 Å². The third-order valence-electron chi connectivity index (χ3n) is 5.62. The fraction of sp³-hybridized carbons (Fsp3) is 0.333. The zero-order valence-electron chi connectivity index (χ0n) is 18.1. The van der Waals surface area contributed by atoms with Crippen molar-refractivity contribution in [1.82, 2.24) is 10.3 Å². The molecule has 168 valence electrons. The highest BCUT2D eigenvalue weighted by molar-refractivity contribution is 7.91. The lowest BCUT2D eigenvalue weighted by molar-refractivity contribution is -0.119. The van der Waals surface area contributed by atoms with Crippen LogP contribution in [0.3, 0.4) is 0 Å². The highest BCUT2D eigenvalue weighted by Crippen LogP contribution is 2.29. The number of nitrogens with one attached hydrogen (secondary N) is 1. The molecular weight excluding hydrogens is 428 g/mol. The Labute approximate surface area is 187 Å².